The van der Waals surface area contributed by atoms with Gasteiger partial charge in [-0.25, -0.2) is 0 Å². The lowest BCUT2D eigenvalue weighted by atomic mass is 10.0. The number of rotatable bonds is 19. The molecule has 5 atom stereocenters. The van der Waals surface area contributed by atoms with Crippen molar-refractivity contribution < 1.29 is 30.3 Å². The van der Waals surface area contributed by atoms with Crippen molar-refractivity contribution in [3.8, 4) is 0 Å². The Morgan fingerprint density at radius 1 is 0.914 bits per heavy atom. The minimum atomic E-state index is -1.62. The monoisotopic (exact) mass is 497 g/mol. The Bertz CT molecular complexity index is 690. The molecule has 0 aliphatic heterocycles. The van der Waals surface area contributed by atoms with E-state index in [0.717, 1.165) is 57.1 Å². The van der Waals surface area contributed by atoms with Crippen LogP contribution in [0, 0.1) is 0 Å². The molecule has 0 aromatic heterocycles. The van der Waals surface area contributed by atoms with E-state index in [-0.39, 0.29) is 12.5 Å². The molecule has 202 valence electrons. The maximum atomic E-state index is 12.1. The van der Waals surface area contributed by atoms with E-state index in [4.69, 9.17) is 10.8 Å². The molecule has 0 fully saturated rings. The predicted octanol–water partition coefficient (Wildman–Crippen LogP) is 1.00. The highest BCUT2D eigenvalue weighted by Gasteiger charge is 2.30. The van der Waals surface area contributed by atoms with Crippen LogP contribution in [0.4, 0.5) is 5.69 Å². The third-order valence-corrected chi connectivity index (χ3v) is 6.20. The highest BCUT2D eigenvalue weighted by molar-refractivity contribution is 5.94. The summed E-state index contributed by atoms with van der Waals surface area (Å²) in [5.74, 6) is -0.185. The van der Waals surface area contributed by atoms with Crippen molar-refractivity contribution in [1.82, 2.24) is 4.90 Å². The number of aliphatic hydroxyl groups excluding tert-OH is 5. The first-order chi connectivity index (χ1) is 16.7. The molecule has 1 amide bonds. The summed E-state index contributed by atoms with van der Waals surface area (Å²) in [6.07, 6.45) is 1.49. The number of nitrogens with two attached hydrogens (primary N) is 1. The predicted molar refractivity (Wildman–Crippen MR) is 138 cm³/mol. The summed E-state index contributed by atoms with van der Waals surface area (Å²) in [5, 5.41) is 51.8. The zero-order valence-electron chi connectivity index (χ0n) is 21.4. The Kier molecular flexibility index (Phi) is 16.0. The topological polar surface area (TPSA) is 160 Å². The van der Waals surface area contributed by atoms with Gasteiger partial charge in [-0.2, -0.15) is 0 Å². The fraction of sp³-hybridized carbons (Fsp3) is 0.731. The van der Waals surface area contributed by atoms with Crippen LogP contribution in [0.15, 0.2) is 24.3 Å². The number of unbranched alkanes of at least 4 members (excludes halogenated alkanes) is 3. The van der Waals surface area contributed by atoms with E-state index in [1.807, 2.05) is 31.2 Å². The lowest BCUT2D eigenvalue weighted by Gasteiger charge is -2.30. The van der Waals surface area contributed by atoms with Gasteiger partial charge >= 0.3 is 0 Å². The van der Waals surface area contributed by atoms with Crippen molar-refractivity contribution in [2.45, 2.75) is 95.7 Å². The fourth-order valence-electron chi connectivity index (χ4n) is 3.93. The quantitative estimate of drug-likeness (QED) is 0.139. The molecule has 0 bridgehead atoms. The van der Waals surface area contributed by atoms with Crippen LogP contribution in [-0.2, 0) is 11.2 Å². The lowest BCUT2D eigenvalue weighted by Crippen LogP contribution is -2.50. The fourth-order valence-corrected chi connectivity index (χ4v) is 3.93. The van der Waals surface area contributed by atoms with Gasteiger partial charge < -0.3 is 41.5 Å². The number of hydrogen-bond donors (Lipinski definition) is 7. The number of carbonyl (C=O) groups excluding carboxylic acids is 1. The van der Waals surface area contributed by atoms with Gasteiger partial charge in [-0.15, -0.1) is 0 Å². The number of amides is 1. The molecule has 1 aromatic rings. The number of aliphatic hydroxyl groups is 5. The molecule has 8 N–H and O–H groups in total. The lowest BCUT2D eigenvalue weighted by molar-refractivity contribution is -0.119. The van der Waals surface area contributed by atoms with Crippen LogP contribution in [-0.4, -0.2) is 93.0 Å². The van der Waals surface area contributed by atoms with Gasteiger partial charge in [0.05, 0.1) is 18.8 Å². The molecule has 1 aromatic carbocycles. The molecule has 1 rings (SSSR count). The zero-order valence-corrected chi connectivity index (χ0v) is 21.4. The van der Waals surface area contributed by atoms with Gasteiger partial charge in [0.25, 0.3) is 0 Å². The Morgan fingerprint density at radius 2 is 1.54 bits per heavy atom. The van der Waals surface area contributed by atoms with E-state index in [9.17, 15) is 25.2 Å². The molecule has 0 saturated heterocycles. The number of hydrogen-bond acceptors (Lipinski definition) is 8. The van der Waals surface area contributed by atoms with Crippen molar-refractivity contribution in [2.75, 3.05) is 31.6 Å². The molecule has 0 spiro atoms. The second kappa shape index (κ2) is 17.8. The summed E-state index contributed by atoms with van der Waals surface area (Å²) in [6, 6.07) is 7.16. The van der Waals surface area contributed by atoms with Crippen molar-refractivity contribution in [3.05, 3.63) is 29.8 Å². The van der Waals surface area contributed by atoms with E-state index in [0.29, 0.717) is 18.7 Å². The van der Waals surface area contributed by atoms with Crippen LogP contribution in [0.1, 0.15) is 64.4 Å². The molecular formula is C26H47N3O6. The summed E-state index contributed by atoms with van der Waals surface area (Å²) in [6.45, 7) is 5.04. The molecule has 0 saturated carbocycles. The van der Waals surface area contributed by atoms with Gasteiger partial charge in [-0.1, -0.05) is 51.7 Å². The van der Waals surface area contributed by atoms with Crippen molar-refractivity contribution in [2.24, 2.45) is 5.73 Å². The van der Waals surface area contributed by atoms with Gasteiger partial charge in [0.15, 0.2) is 0 Å². The summed E-state index contributed by atoms with van der Waals surface area (Å²) in [5.41, 5.74) is 7.69. The van der Waals surface area contributed by atoms with E-state index in [1.165, 1.54) is 0 Å². The molecule has 35 heavy (non-hydrogen) atoms. The number of aryl methyl sites for hydroxylation is 1. The minimum absolute atomic E-state index is 0.158. The highest BCUT2D eigenvalue weighted by atomic mass is 16.4. The molecule has 0 radical (unpaired) electrons. The van der Waals surface area contributed by atoms with Gasteiger partial charge in [0.2, 0.25) is 5.91 Å². The summed E-state index contributed by atoms with van der Waals surface area (Å²) in [7, 11) is 0. The maximum absolute atomic E-state index is 12.1. The summed E-state index contributed by atoms with van der Waals surface area (Å²) in [4.78, 5) is 14.1. The largest absolute Gasteiger partial charge is 0.394 e. The Labute approximate surface area is 210 Å². The number of benzene rings is 1. The number of carbonyl (C=O) groups is 1. The first-order valence-electron chi connectivity index (χ1n) is 12.9. The van der Waals surface area contributed by atoms with Crippen LogP contribution in [0.5, 0.6) is 0 Å². The van der Waals surface area contributed by atoms with Crippen LogP contribution in [0.25, 0.3) is 0 Å². The van der Waals surface area contributed by atoms with Gasteiger partial charge in [0, 0.05) is 12.2 Å². The molecular weight excluding hydrogens is 450 g/mol. The summed E-state index contributed by atoms with van der Waals surface area (Å²) < 4.78 is 0. The number of nitrogens with zero attached hydrogens (tertiary/aromatic N) is 1. The molecule has 0 aliphatic rings. The standard InChI is InChI=1S/C26H47N3O6/c1-3-5-6-7-15-29(17-22(31)24(33)25(34)23(32)18-30)16-8-10-19-11-13-20(14-12-19)28-26(35)21(27)9-4-2/h11-14,21-25,30-34H,3-10,15-18,27H2,1-2H3,(H,28,35)/t21-,22-,23+,24+,25+/m0/s1. The van der Waals surface area contributed by atoms with Crippen LogP contribution >= 0.6 is 0 Å². The van der Waals surface area contributed by atoms with Crippen molar-refractivity contribution >= 4 is 11.6 Å². The Balaban J connectivity index is 2.60. The average Bonchev–Trinajstić information content (AvgIpc) is 2.85. The highest BCUT2D eigenvalue weighted by Crippen LogP contribution is 2.14. The van der Waals surface area contributed by atoms with Crippen LogP contribution < -0.4 is 11.1 Å². The third kappa shape index (κ3) is 12.3. The molecule has 0 aliphatic carbocycles. The van der Waals surface area contributed by atoms with E-state index < -0.39 is 37.1 Å². The van der Waals surface area contributed by atoms with Crippen molar-refractivity contribution in [3.63, 3.8) is 0 Å². The second-order valence-corrected chi connectivity index (χ2v) is 9.34. The smallest absolute Gasteiger partial charge is 0.241 e. The molecule has 9 heteroatoms. The van der Waals surface area contributed by atoms with Crippen LogP contribution in [0.2, 0.25) is 0 Å². The van der Waals surface area contributed by atoms with Gasteiger partial charge in [-0.3, -0.25) is 4.79 Å². The van der Waals surface area contributed by atoms with E-state index in [2.05, 4.69) is 17.1 Å². The van der Waals surface area contributed by atoms with Crippen LogP contribution in [0.3, 0.4) is 0 Å². The second-order valence-electron chi connectivity index (χ2n) is 9.34. The average molecular weight is 498 g/mol. The van der Waals surface area contributed by atoms with E-state index in [1.54, 1.807) is 0 Å². The number of nitrogens with one attached hydrogen (secondary N) is 1. The molecule has 0 heterocycles. The third-order valence-electron chi connectivity index (χ3n) is 6.20. The molecule has 0 unspecified atom stereocenters. The number of anilines is 1. The first kappa shape index (κ1) is 31.4. The molecule has 9 nitrogen and oxygen atoms in total. The SMILES string of the molecule is CCCCCCN(CCCc1ccc(NC(=O)[C@@H](N)CCC)cc1)C[C@H](O)[C@@H](O)[C@H](O)[C@H](O)CO. The minimum Gasteiger partial charge on any atom is -0.394 e. The summed E-state index contributed by atoms with van der Waals surface area (Å²) >= 11 is 0. The van der Waals surface area contributed by atoms with Gasteiger partial charge in [-0.05, 0) is 56.5 Å². The zero-order chi connectivity index (χ0) is 26.2. The van der Waals surface area contributed by atoms with Gasteiger partial charge in [0.1, 0.15) is 18.3 Å². The first-order valence-corrected chi connectivity index (χ1v) is 12.9. The Hall–Kier alpha value is -1.59. The normalized spacial score (nSPS) is 16.0. The van der Waals surface area contributed by atoms with Crippen molar-refractivity contribution in [1.29, 1.82) is 0 Å². The maximum Gasteiger partial charge on any atom is 0.241 e. The van der Waals surface area contributed by atoms with E-state index >= 15 is 0 Å². The Morgan fingerprint density at radius 3 is 2.14 bits per heavy atom.